The third kappa shape index (κ3) is 3.87. The Morgan fingerprint density at radius 2 is 1.77 bits per heavy atom. The Bertz CT molecular complexity index is 708. The summed E-state index contributed by atoms with van der Waals surface area (Å²) in [6.07, 6.45) is 13.5. The maximum absolute atomic E-state index is 13.2. The van der Waals surface area contributed by atoms with Gasteiger partial charge in [-0.1, -0.05) is 54.4 Å². The Balaban J connectivity index is 1.51. The first-order valence-corrected chi connectivity index (χ1v) is 13.5. The third-order valence-electron chi connectivity index (χ3n) is 11.1. The molecule has 0 aromatic carbocycles. The summed E-state index contributed by atoms with van der Waals surface area (Å²) in [6.45, 7) is 14.6. The zero-order valence-electron chi connectivity index (χ0n) is 21.1. The van der Waals surface area contributed by atoms with Crippen LogP contribution in [0.1, 0.15) is 106 Å². The zero-order valence-corrected chi connectivity index (χ0v) is 21.1. The molecule has 2 heteroatoms. The van der Waals surface area contributed by atoms with E-state index < -0.39 is 6.10 Å². The van der Waals surface area contributed by atoms with Crippen LogP contribution in [0.5, 0.6) is 0 Å². The highest BCUT2D eigenvalue weighted by Crippen LogP contribution is 2.67. The smallest absolute Gasteiger partial charge is 0.159 e. The van der Waals surface area contributed by atoms with Gasteiger partial charge in [0.05, 0.1) is 6.10 Å². The van der Waals surface area contributed by atoms with Crippen LogP contribution in [0.4, 0.5) is 0 Å². The van der Waals surface area contributed by atoms with E-state index in [2.05, 4.69) is 41.5 Å². The number of ketones is 1. The van der Waals surface area contributed by atoms with Gasteiger partial charge in [-0.05, 0) is 109 Å². The van der Waals surface area contributed by atoms with Gasteiger partial charge >= 0.3 is 0 Å². The largest absolute Gasteiger partial charge is 0.389 e. The van der Waals surface area contributed by atoms with Crippen molar-refractivity contribution in [2.24, 2.45) is 52.3 Å². The summed E-state index contributed by atoms with van der Waals surface area (Å²) in [7, 11) is 0. The van der Waals surface area contributed by atoms with Crippen LogP contribution >= 0.6 is 0 Å². The molecule has 0 heterocycles. The minimum Gasteiger partial charge on any atom is -0.389 e. The molecule has 3 saturated carbocycles. The van der Waals surface area contributed by atoms with E-state index in [0.29, 0.717) is 23.0 Å². The molecule has 2 nitrogen and oxygen atoms in total. The number of fused-ring (bicyclic) bond motifs is 5. The lowest BCUT2D eigenvalue weighted by atomic mass is 9.46. The Kier molecular flexibility index (Phi) is 6.54. The van der Waals surface area contributed by atoms with Crippen molar-refractivity contribution in [2.45, 2.75) is 112 Å². The topological polar surface area (TPSA) is 37.3 Å². The second kappa shape index (κ2) is 8.62. The van der Waals surface area contributed by atoms with E-state index in [1.807, 2.05) is 6.08 Å². The van der Waals surface area contributed by atoms with Crippen molar-refractivity contribution < 1.29 is 9.90 Å². The van der Waals surface area contributed by atoms with Gasteiger partial charge in [0, 0.05) is 6.42 Å². The SMILES string of the molecule is CC[C@H](CC[C@@H](C)[C@H]1CC[C@H]2[C@@H]3CC(=O)C4=C[C@@H](O)CC[C@]4(C)[C@H]3CC[C@]12C)C(C)C. The molecule has 0 radical (unpaired) electrons. The summed E-state index contributed by atoms with van der Waals surface area (Å²) in [5.74, 6) is 5.58. The van der Waals surface area contributed by atoms with Gasteiger partial charge in [0.2, 0.25) is 0 Å². The number of aliphatic hydroxyl groups excluding tert-OH is 1. The number of carbonyl (C=O) groups is 1. The average molecular weight is 429 g/mol. The predicted octanol–water partition coefficient (Wildman–Crippen LogP) is 7.20. The maximum atomic E-state index is 13.2. The molecule has 4 aliphatic rings. The number of rotatable bonds is 6. The maximum Gasteiger partial charge on any atom is 0.159 e. The Morgan fingerprint density at radius 1 is 1.03 bits per heavy atom. The fraction of sp³-hybridized carbons (Fsp3) is 0.897. The third-order valence-corrected chi connectivity index (χ3v) is 11.1. The van der Waals surface area contributed by atoms with E-state index in [9.17, 15) is 9.90 Å². The molecular formula is C29H48O2. The molecule has 176 valence electrons. The number of hydrogen-bond donors (Lipinski definition) is 1. The van der Waals surface area contributed by atoms with E-state index in [-0.39, 0.29) is 5.41 Å². The molecule has 0 aliphatic heterocycles. The summed E-state index contributed by atoms with van der Waals surface area (Å²) >= 11 is 0. The van der Waals surface area contributed by atoms with Crippen molar-refractivity contribution in [2.75, 3.05) is 0 Å². The van der Waals surface area contributed by atoms with Gasteiger partial charge in [0.15, 0.2) is 5.78 Å². The van der Waals surface area contributed by atoms with E-state index in [0.717, 1.165) is 54.4 Å². The van der Waals surface area contributed by atoms with Crippen molar-refractivity contribution in [3.05, 3.63) is 11.6 Å². The highest BCUT2D eigenvalue weighted by Gasteiger charge is 2.60. The fourth-order valence-corrected chi connectivity index (χ4v) is 9.19. The quantitative estimate of drug-likeness (QED) is 0.485. The summed E-state index contributed by atoms with van der Waals surface area (Å²) in [5.41, 5.74) is 1.42. The van der Waals surface area contributed by atoms with Crippen LogP contribution in [0.2, 0.25) is 0 Å². The van der Waals surface area contributed by atoms with E-state index in [1.165, 1.54) is 44.9 Å². The highest BCUT2D eigenvalue weighted by molar-refractivity contribution is 5.98. The number of Topliss-reactive ketones (excluding diaryl/α,β-unsaturated/α-hetero) is 1. The van der Waals surface area contributed by atoms with Crippen LogP contribution in [-0.2, 0) is 4.79 Å². The van der Waals surface area contributed by atoms with Crippen molar-refractivity contribution in [1.29, 1.82) is 0 Å². The number of carbonyl (C=O) groups excluding carboxylic acids is 1. The molecule has 4 rings (SSSR count). The first-order valence-electron chi connectivity index (χ1n) is 13.5. The van der Waals surface area contributed by atoms with E-state index in [4.69, 9.17) is 0 Å². The van der Waals surface area contributed by atoms with Crippen LogP contribution in [-0.4, -0.2) is 17.0 Å². The fourth-order valence-electron chi connectivity index (χ4n) is 9.19. The van der Waals surface area contributed by atoms with Crippen LogP contribution in [0.3, 0.4) is 0 Å². The first kappa shape index (κ1) is 23.5. The Hall–Kier alpha value is -0.630. The lowest BCUT2D eigenvalue weighted by Crippen LogP contribution is -2.53. The van der Waals surface area contributed by atoms with Gasteiger partial charge in [-0.15, -0.1) is 0 Å². The molecule has 0 bridgehead atoms. The monoisotopic (exact) mass is 428 g/mol. The lowest BCUT2D eigenvalue weighted by molar-refractivity contribution is -0.129. The molecule has 31 heavy (non-hydrogen) atoms. The van der Waals surface area contributed by atoms with Gasteiger partial charge in [0.25, 0.3) is 0 Å². The minimum absolute atomic E-state index is 0.00980. The Labute approximate surface area is 191 Å². The van der Waals surface area contributed by atoms with Crippen LogP contribution < -0.4 is 0 Å². The number of allylic oxidation sites excluding steroid dienone is 1. The summed E-state index contributed by atoms with van der Waals surface area (Å²) in [4.78, 5) is 13.2. The molecule has 9 atom stereocenters. The van der Waals surface area contributed by atoms with Crippen molar-refractivity contribution in [1.82, 2.24) is 0 Å². The molecule has 1 N–H and O–H groups in total. The second-order valence-corrected chi connectivity index (χ2v) is 12.8. The Morgan fingerprint density at radius 3 is 2.45 bits per heavy atom. The van der Waals surface area contributed by atoms with Crippen molar-refractivity contribution in [3.8, 4) is 0 Å². The molecular weight excluding hydrogens is 380 g/mol. The summed E-state index contributed by atoms with van der Waals surface area (Å²) in [5, 5.41) is 10.2. The first-order chi connectivity index (χ1) is 14.6. The minimum atomic E-state index is -0.410. The van der Waals surface area contributed by atoms with E-state index >= 15 is 0 Å². The van der Waals surface area contributed by atoms with Crippen molar-refractivity contribution >= 4 is 5.78 Å². The summed E-state index contributed by atoms with van der Waals surface area (Å²) < 4.78 is 0. The van der Waals surface area contributed by atoms with Gasteiger partial charge < -0.3 is 5.11 Å². The lowest BCUT2D eigenvalue weighted by Gasteiger charge is -2.58. The second-order valence-electron chi connectivity index (χ2n) is 12.8. The molecule has 0 aromatic rings. The van der Waals surface area contributed by atoms with E-state index in [1.54, 1.807) is 0 Å². The normalized spacial score (nSPS) is 44.3. The van der Waals surface area contributed by atoms with Gasteiger partial charge in [-0.2, -0.15) is 0 Å². The predicted molar refractivity (Wildman–Crippen MR) is 129 cm³/mol. The average Bonchev–Trinajstić information content (AvgIpc) is 3.07. The summed E-state index contributed by atoms with van der Waals surface area (Å²) in [6, 6.07) is 0. The zero-order chi connectivity index (χ0) is 22.6. The number of hydrogen-bond acceptors (Lipinski definition) is 2. The van der Waals surface area contributed by atoms with Crippen LogP contribution in [0, 0.1) is 52.3 Å². The molecule has 0 spiro atoms. The van der Waals surface area contributed by atoms with Crippen LogP contribution in [0.15, 0.2) is 11.6 Å². The van der Waals surface area contributed by atoms with Crippen molar-refractivity contribution in [3.63, 3.8) is 0 Å². The molecule has 4 aliphatic carbocycles. The molecule has 0 saturated heterocycles. The van der Waals surface area contributed by atoms with Gasteiger partial charge in [0.1, 0.15) is 0 Å². The molecule has 0 aromatic heterocycles. The van der Waals surface area contributed by atoms with Gasteiger partial charge in [-0.25, -0.2) is 0 Å². The van der Waals surface area contributed by atoms with Crippen LogP contribution in [0.25, 0.3) is 0 Å². The van der Waals surface area contributed by atoms with Gasteiger partial charge in [-0.3, -0.25) is 4.79 Å². The highest BCUT2D eigenvalue weighted by atomic mass is 16.3. The standard InChI is InChI=1S/C29H48O2/c1-7-20(18(2)3)9-8-19(4)23-10-11-24-22-17-27(31)26-16-21(30)12-14-29(26,6)25(22)13-15-28(23,24)5/h16,18-25,30H,7-15,17H2,1-6H3/t19-,20-,21+,22+,23-,24+,25+,28-,29-/m1/s1. The molecule has 0 amide bonds. The molecule has 0 unspecified atom stereocenters. The number of aliphatic hydroxyl groups is 1. The molecule has 3 fully saturated rings.